The third-order valence-electron chi connectivity index (χ3n) is 4.05. The molecule has 1 aliphatic heterocycles. The van der Waals surface area contributed by atoms with E-state index < -0.39 is 17.7 Å². The third-order valence-corrected chi connectivity index (χ3v) is 4.05. The predicted octanol–water partition coefficient (Wildman–Crippen LogP) is -0.0924. The quantitative estimate of drug-likeness (QED) is 0.587. The molecule has 1 aromatic carbocycles. The Bertz CT molecular complexity index is 684. The van der Waals surface area contributed by atoms with E-state index in [-0.39, 0.29) is 49.3 Å². The number of nitrogens with zero attached hydrogens (tertiary/aromatic N) is 1. The molecule has 1 aliphatic rings. The van der Waals surface area contributed by atoms with Crippen LogP contribution < -0.4 is 16.0 Å². The summed E-state index contributed by atoms with van der Waals surface area (Å²) in [6.07, 6.45) is -0.108. The molecule has 0 spiro atoms. The van der Waals surface area contributed by atoms with Crippen molar-refractivity contribution in [2.45, 2.75) is 25.9 Å². The summed E-state index contributed by atoms with van der Waals surface area (Å²) in [6.45, 7) is 2.72. The van der Waals surface area contributed by atoms with Gasteiger partial charge in [0, 0.05) is 45.2 Å². The number of amides is 3. The van der Waals surface area contributed by atoms with Gasteiger partial charge in [-0.2, -0.15) is 0 Å². The molecule has 26 heavy (non-hydrogen) atoms. The zero-order chi connectivity index (χ0) is 19.1. The van der Waals surface area contributed by atoms with Crippen LogP contribution in [0.2, 0.25) is 0 Å². The van der Waals surface area contributed by atoms with Gasteiger partial charge in [0.15, 0.2) is 11.6 Å². The summed E-state index contributed by atoms with van der Waals surface area (Å²) in [5, 5.41) is 7.84. The van der Waals surface area contributed by atoms with Crippen molar-refractivity contribution in [3.8, 4) is 0 Å². The number of nitrogens with one attached hydrogen (secondary N) is 3. The van der Waals surface area contributed by atoms with Crippen molar-refractivity contribution in [3.63, 3.8) is 0 Å². The van der Waals surface area contributed by atoms with Crippen LogP contribution in [0.5, 0.6) is 0 Å². The molecule has 1 heterocycles. The average molecular weight is 368 g/mol. The molecule has 7 nitrogen and oxygen atoms in total. The Morgan fingerprint density at radius 1 is 1.27 bits per heavy atom. The van der Waals surface area contributed by atoms with Crippen molar-refractivity contribution < 1.29 is 23.2 Å². The van der Waals surface area contributed by atoms with Gasteiger partial charge in [-0.3, -0.25) is 19.3 Å². The van der Waals surface area contributed by atoms with Crippen molar-refractivity contribution in [2.75, 3.05) is 26.2 Å². The van der Waals surface area contributed by atoms with Crippen molar-refractivity contribution >= 4 is 17.7 Å². The second-order valence-electron chi connectivity index (χ2n) is 6.03. The van der Waals surface area contributed by atoms with Crippen LogP contribution >= 0.6 is 0 Å². The standard InChI is InChI=1S/C17H22F2N4O3/c1-11(24)20-5-6-21-15(25)9-14-17(26)22-7-8-23(14)10-12-3-2-4-13(18)16(12)19/h2-4,14H,5-10H2,1H3,(H,20,24)(H,21,25)(H,22,26)/t14-/m0/s1. The monoisotopic (exact) mass is 368 g/mol. The zero-order valence-electron chi connectivity index (χ0n) is 14.5. The van der Waals surface area contributed by atoms with Crippen LogP contribution in [0.4, 0.5) is 8.78 Å². The SMILES string of the molecule is CC(=O)NCCNC(=O)C[C@H]1C(=O)NCCN1Cc1cccc(F)c1F. The van der Waals surface area contributed by atoms with E-state index in [9.17, 15) is 23.2 Å². The number of carbonyl (C=O) groups is 3. The second kappa shape index (κ2) is 9.23. The van der Waals surface area contributed by atoms with Gasteiger partial charge in [0.25, 0.3) is 0 Å². The molecule has 1 aromatic rings. The molecule has 0 aliphatic carbocycles. The Morgan fingerprint density at radius 2 is 2.00 bits per heavy atom. The fourth-order valence-electron chi connectivity index (χ4n) is 2.75. The average Bonchev–Trinajstić information content (AvgIpc) is 2.58. The van der Waals surface area contributed by atoms with Crippen LogP contribution in [0.15, 0.2) is 18.2 Å². The summed E-state index contributed by atoms with van der Waals surface area (Å²) in [7, 11) is 0. The topological polar surface area (TPSA) is 90.5 Å². The van der Waals surface area contributed by atoms with E-state index in [0.29, 0.717) is 13.1 Å². The molecule has 3 N–H and O–H groups in total. The Labute approximate surface area is 150 Å². The maximum Gasteiger partial charge on any atom is 0.237 e. The number of carbonyl (C=O) groups excluding carboxylic acids is 3. The first-order chi connectivity index (χ1) is 12.4. The number of hydrogen-bond donors (Lipinski definition) is 3. The highest BCUT2D eigenvalue weighted by Gasteiger charge is 2.32. The largest absolute Gasteiger partial charge is 0.355 e. The van der Waals surface area contributed by atoms with Crippen molar-refractivity contribution in [2.24, 2.45) is 0 Å². The van der Waals surface area contributed by atoms with Crippen LogP contribution in [-0.2, 0) is 20.9 Å². The minimum absolute atomic E-state index is 0.0286. The van der Waals surface area contributed by atoms with Gasteiger partial charge in [-0.25, -0.2) is 8.78 Å². The molecule has 3 amide bonds. The molecule has 1 fully saturated rings. The summed E-state index contributed by atoms with van der Waals surface area (Å²) >= 11 is 0. The van der Waals surface area contributed by atoms with Crippen LogP contribution in [0, 0.1) is 11.6 Å². The van der Waals surface area contributed by atoms with Gasteiger partial charge in [-0.15, -0.1) is 0 Å². The molecule has 2 rings (SSSR count). The minimum atomic E-state index is -0.948. The normalized spacial score (nSPS) is 17.5. The summed E-state index contributed by atoms with van der Waals surface area (Å²) in [5.41, 5.74) is 0.135. The van der Waals surface area contributed by atoms with E-state index in [4.69, 9.17) is 0 Å². The summed E-state index contributed by atoms with van der Waals surface area (Å²) in [4.78, 5) is 36.6. The molecule has 9 heteroatoms. The van der Waals surface area contributed by atoms with Gasteiger partial charge in [-0.05, 0) is 6.07 Å². The van der Waals surface area contributed by atoms with Gasteiger partial charge >= 0.3 is 0 Å². The van der Waals surface area contributed by atoms with E-state index in [1.165, 1.54) is 19.1 Å². The van der Waals surface area contributed by atoms with Crippen LogP contribution in [0.1, 0.15) is 18.9 Å². The molecule has 0 radical (unpaired) electrons. The zero-order valence-corrected chi connectivity index (χ0v) is 14.5. The first kappa shape index (κ1) is 19.8. The Kier molecular flexibility index (Phi) is 7.02. The fourth-order valence-corrected chi connectivity index (χ4v) is 2.75. The number of benzene rings is 1. The molecular formula is C17H22F2N4O3. The molecule has 1 atom stereocenters. The lowest BCUT2D eigenvalue weighted by molar-refractivity contribution is -0.134. The molecular weight excluding hydrogens is 346 g/mol. The van der Waals surface area contributed by atoms with E-state index in [1.54, 1.807) is 4.90 Å². The van der Waals surface area contributed by atoms with E-state index in [1.807, 2.05) is 0 Å². The molecule has 0 saturated carbocycles. The number of hydrogen-bond acceptors (Lipinski definition) is 4. The number of piperazine rings is 1. The van der Waals surface area contributed by atoms with Crippen LogP contribution in [0.25, 0.3) is 0 Å². The maximum atomic E-state index is 13.9. The first-order valence-electron chi connectivity index (χ1n) is 8.34. The van der Waals surface area contributed by atoms with Gasteiger partial charge in [-0.1, -0.05) is 12.1 Å². The van der Waals surface area contributed by atoms with Crippen molar-refractivity contribution in [1.82, 2.24) is 20.9 Å². The lowest BCUT2D eigenvalue weighted by Gasteiger charge is -2.34. The van der Waals surface area contributed by atoms with Crippen molar-refractivity contribution in [1.29, 1.82) is 0 Å². The van der Waals surface area contributed by atoms with Crippen molar-refractivity contribution in [3.05, 3.63) is 35.4 Å². The second-order valence-corrected chi connectivity index (χ2v) is 6.03. The Balaban J connectivity index is 1.96. The predicted molar refractivity (Wildman–Crippen MR) is 89.9 cm³/mol. The highest BCUT2D eigenvalue weighted by Crippen LogP contribution is 2.17. The summed E-state index contributed by atoms with van der Waals surface area (Å²) in [5.74, 6) is -2.78. The van der Waals surface area contributed by atoms with Gasteiger partial charge in [0.1, 0.15) is 0 Å². The fraction of sp³-hybridized carbons (Fsp3) is 0.471. The molecule has 0 unspecified atom stereocenters. The molecule has 1 saturated heterocycles. The number of rotatable bonds is 7. The lowest BCUT2D eigenvalue weighted by Crippen LogP contribution is -2.56. The molecule has 0 bridgehead atoms. The molecule has 142 valence electrons. The summed E-state index contributed by atoms with van der Waals surface area (Å²) < 4.78 is 27.3. The molecule has 0 aromatic heterocycles. The Morgan fingerprint density at radius 3 is 2.73 bits per heavy atom. The van der Waals surface area contributed by atoms with Gasteiger partial charge in [0.05, 0.1) is 12.5 Å². The first-order valence-corrected chi connectivity index (χ1v) is 8.34. The highest BCUT2D eigenvalue weighted by atomic mass is 19.2. The Hall–Kier alpha value is -2.55. The van der Waals surface area contributed by atoms with Gasteiger partial charge < -0.3 is 16.0 Å². The van der Waals surface area contributed by atoms with Gasteiger partial charge in [0.2, 0.25) is 17.7 Å². The van der Waals surface area contributed by atoms with Crippen LogP contribution in [-0.4, -0.2) is 54.8 Å². The number of halogens is 2. The maximum absolute atomic E-state index is 13.9. The van der Waals surface area contributed by atoms with Crippen LogP contribution in [0.3, 0.4) is 0 Å². The highest BCUT2D eigenvalue weighted by molar-refractivity contribution is 5.88. The lowest BCUT2D eigenvalue weighted by atomic mass is 10.1. The van der Waals surface area contributed by atoms with E-state index in [0.717, 1.165) is 6.07 Å². The summed E-state index contributed by atoms with van der Waals surface area (Å²) in [6, 6.07) is 3.12. The minimum Gasteiger partial charge on any atom is -0.355 e. The third kappa shape index (κ3) is 5.48. The van der Waals surface area contributed by atoms with E-state index in [2.05, 4.69) is 16.0 Å². The smallest absolute Gasteiger partial charge is 0.237 e. The van der Waals surface area contributed by atoms with E-state index >= 15 is 0 Å².